The Morgan fingerprint density at radius 2 is 1.33 bits per heavy atom. The van der Waals surface area contributed by atoms with Gasteiger partial charge in [-0.3, -0.25) is 9.69 Å². The predicted octanol–water partition coefficient (Wildman–Crippen LogP) is 7.35. The molecule has 3 aromatic rings. The fraction of sp³-hybridized carbons (Fsp3) is 0.250. The summed E-state index contributed by atoms with van der Waals surface area (Å²) in [6.07, 6.45) is 9.09. The molecule has 3 rings (SSSR count). The number of hydrogen-bond donors (Lipinski definition) is 0. The van der Waals surface area contributed by atoms with Crippen LogP contribution in [0.1, 0.15) is 38.2 Å². The Bertz CT molecular complexity index is 864. The molecule has 0 N–H and O–H groups in total. The normalized spacial score (nSPS) is 12.0. The first-order chi connectivity index (χ1) is 14.8. The number of anilines is 2. The lowest BCUT2D eigenvalue weighted by atomic mass is 9.96. The first-order valence-electron chi connectivity index (χ1n) is 10.9. The van der Waals surface area contributed by atoms with E-state index in [0.29, 0.717) is 0 Å². The zero-order valence-electron chi connectivity index (χ0n) is 17.8. The van der Waals surface area contributed by atoms with Crippen LogP contribution in [0, 0.1) is 5.92 Å². The molecule has 0 aliphatic carbocycles. The van der Waals surface area contributed by atoms with Crippen LogP contribution in [0.3, 0.4) is 0 Å². The van der Waals surface area contributed by atoms with Crippen molar-refractivity contribution < 1.29 is 4.79 Å². The fourth-order valence-electron chi connectivity index (χ4n) is 3.70. The van der Waals surface area contributed by atoms with Crippen molar-refractivity contribution in [1.29, 1.82) is 0 Å². The van der Waals surface area contributed by atoms with Crippen molar-refractivity contribution >= 4 is 17.3 Å². The number of rotatable bonds is 10. The molecule has 0 aliphatic rings. The van der Waals surface area contributed by atoms with Gasteiger partial charge in [-0.25, -0.2) is 0 Å². The van der Waals surface area contributed by atoms with Gasteiger partial charge in [-0.1, -0.05) is 92.2 Å². The largest absolute Gasteiger partial charge is 0.281 e. The van der Waals surface area contributed by atoms with E-state index in [1.165, 1.54) is 5.56 Å². The van der Waals surface area contributed by atoms with Crippen LogP contribution in [-0.2, 0) is 11.2 Å². The Hall–Kier alpha value is -3.13. The molecule has 0 aliphatic heterocycles. The molecule has 0 radical (unpaired) electrons. The van der Waals surface area contributed by atoms with Crippen LogP contribution in [0.5, 0.6) is 0 Å². The smallest absolute Gasteiger partial charge is 0.234 e. The number of carbonyl (C=O) groups excluding carboxylic acids is 1. The van der Waals surface area contributed by atoms with Gasteiger partial charge in [-0.2, -0.15) is 0 Å². The van der Waals surface area contributed by atoms with Crippen molar-refractivity contribution in [2.75, 3.05) is 4.90 Å². The Labute approximate surface area is 180 Å². The monoisotopic (exact) mass is 397 g/mol. The molecule has 3 aromatic carbocycles. The summed E-state index contributed by atoms with van der Waals surface area (Å²) in [6, 6.07) is 30.4. The summed E-state index contributed by atoms with van der Waals surface area (Å²) in [5.74, 6) is 0.144. The highest BCUT2D eigenvalue weighted by Crippen LogP contribution is 2.29. The molecule has 0 aromatic heterocycles. The van der Waals surface area contributed by atoms with Crippen molar-refractivity contribution in [3.8, 4) is 0 Å². The van der Waals surface area contributed by atoms with Crippen molar-refractivity contribution in [3.05, 3.63) is 109 Å². The molecule has 0 fully saturated rings. The third kappa shape index (κ3) is 6.18. The number of nitrogens with zero attached hydrogens (tertiary/aromatic N) is 1. The van der Waals surface area contributed by atoms with Crippen LogP contribution in [0.2, 0.25) is 0 Å². The van der Waals surface area contributed by atoms with Gasteiger partial charge in [-0.05, 0) is 55.5 Å². The van der Waals surface area contributed by atoms with Gasteiger partial charge in [0.05, 0.1) is 0 Å². The van der Waals surface area contributed by atoms with Gasteiger partial charge in [0, 0.05) is 17.3 Å². The van der Waals surface area contributed by atoms with Crippen LogP contribution in [0.15, 0.2) is 103 Å². The molecule has 0 spiro atoms. The van der Waals surface area contributed by atoms with E-state index in [-0.39, 0.29) is 11.8 Å². The molecule has 0 unspecified atom stereocenters. The highest BCUT2D eigenvalue weighted by molar-refractivity contribution is 6.01. The van der Waals surface area contributed by atoms with Crippen LogP contribution in [0.25, 0.3) is 0 Å². The third-order valence-electron chi connectivity index (χ3n) is 5.27. The number of carbonyl (C=O) groups is 1. The standard InChI is InChI=1S/C28H31NO/c1-2-15-25(19-10-4-9-18-24-16-7-3-8-17-24)28(30)29(26-20-11-5-12-21-26)27-22-13-6-14-23-27/h3-8,10-14,16-17,20-23,25H,2,9,15,18-19H2,1H3/b10-4+/t25-/m0/s1. The van der Waals surface area contributed by atoms with Gasteiger partial charge in [0.2, 0.25) is 5.91 Å². The van der Waals surface area contributed by atoms with Crippen LogP contribution < -0.4 is 4.90 Å². The quantitative estimate of drug-likeness (QED) is 0.328. The molecule has 1 atom stereocenters. The summed E-state index contributed by atoms with van der Waals surface area (Å²) in [5, 5.41) is 0. The van der Waals surface area contributed by atoms with Crippen LogP contribution in [-0.4, -0.2) is 5.91 Å². The molecule has 0 saturated carbocycles. The summed E-state index contributed by atoms with van der Waals surface area (Å²) in [6.45, 7) is 2.15. The van der Waals surface area contributed by atoms with E-state index in [1.807, 2.05) is 71.6 Å². The SMILES string of the molecule is CCC[C@@H](C/C=C/CCc1ccccc1)C(=O)N(c1ccccc1)c1ccccc1. The summed E-state index contributed by atoms with van der Waals surface area (Å²) in [5.41, 5.74) is 3.19. The lowest BCUT2D eigenvalue weighted by Crippen LogP contribution is -2.32. The summed E-state index contributed by atoms with van der Waals surface area (Å²) in [4.78, 5) is 15.5. The van der Waals surface area contributed by atoms with E-state index in [0.717, 1.165) is 43.5 Å². The number of allylic oxidation sites excluding steroid dienone is 2. The molecular formula is C28H31NO. The topological polar surface area (TPSA) is 20.3 Å². The summed E-state index contributed by atoms with van der Waals surface area (Å²) in [7, 11) is 0. The van der Waals surface area contributed by atoms with Gasteiger partial charge >= 0.3 is 0 Å². The Morgan fingerprint density at radius 1 is 0.800 bits per heavy atom. The number of para-hydroxylation sites is 2. The fourth-order valence-corrected chi connectivity index (χ4v) is 3.70. The van der Waals surface area contributed by atoms with Crippen molar-refractivity contribution in [2.24, 2.45) is 5.92 Å². The first-order valence-corrected chi connectivity index (χ1v) is 10.9. The zero-order valence-corrected chi connectivity index (χ0v) is 17.8. The van der Waals surface area contributed by atoms with Gasteiger partial charge in [-0.15, -0.1) is 0 Å². The molecular weight excluding hydrogens is 366 g/mol. The Kier molecular flexibility index (Phi) is 8.47. The second-order valence-corrected chi connectivity index (χ2v) is 7.56. The maximum atomic E-state index is 13.6. The van der Waals surface area contributed by atoms with E-state index in [2.05, 4.69) is 43.3 Å². The predicted molar refractivity (Wildman–Crippen MR) is 127 cm³/mol. The van der Waals surface area contributed by atoms with Gasteiger partial charge in [0.1, 0.15) is 0 Å². The maximum absolute atomic E-state index is 13.6. The average Bonchev–Trinajstić information content (AvgIpc) is 2.80. The minimum absolute atomic E-state index is 0.0246. The Morgan fingerprint density at radius 3 is 1.87 bits per heavy atom. The summed E-state index contributed by atoms with van der Waals surface area (Å²) >= 11 is 0. The molecule has 2 heteroatoms. The molecule has 30 heavy (non-hydrogen) atoms. The number of amides is 1. The van der Waals surface area contributed by atoms with E-state index in [1.54, 1.807) is 0 Å². The number of hydrogen-bond acceptors (Lipinski definition) is 1. The average molecular weight is 398 g/mol. The number of aryl methyl sites for hydroxylation is 1. The molecule has 0 saturated heterocycles. The van der Waals surface area contributed by atoms with E-state index >= 15 is 0 Å². The van der Waals surface area contributed by atoms with Gasteiger partial charge < -0.3 is 0 Å². The molecule has 2 nitrogen and oxygen atoms in total. The molecule has 0 heterocycles. The van der Waals surface area contributed by atoms with E-state index in [4.69, 9.17) is 0 Å². The number of benzene rings is 3. The second kappa shape index (κ2) is 11.8. The minimum atomic E-state index is -0.0246. The maximum Gasteiger partial charge on any atom is 0.234 e. The van der Waals surface area contributed by atoms with Crippen molar-refractivity contribution in [1.82, 2.24) is 0 Å². The molecule has 1 amide bonds. The van der Waals surface area contributed by atoms with Crippen molar-refractivity contribution in [3.63, 3.8) is 0 Å². The lowest BCUT2D eigenvalue weighted by molar-refractivity contribution is -0.121. The highest BCUT2D eigenvalue weighted by Gasteiger charge is 2.25. The first kappa shape index (κ1) is 21.6. The highest BCUT2D eigenvalue weighted by atomic mass is 16.2. The van der Waals surface area contributed by atoms with E-state index < -0.39 is 0 Å². The molecule has 0 bridgehead atoms. The lowest BCUT2D eigenvalue weighted by Gasteiger charge is -2.27. The van der Waals surface area contributed by atoms with Crippen molar-refractivity contribution in [2.45, 2.75) is 39.0 Å². The Balaban J connectivity index is 1.70. The van der Waals surface area contributed by atoms with E-state index in [9.17, 15) is 4.79 Å². The summed E-state index contributed by atoms with van der Waals surface area (Å²) < 4.78 is 0. The van der Waals surface area contributed by atoms with Crippen LogP contribution in [0.4, 0.5) is 11.4 Å². The second-order valence-electron chi connectivity index (χ2n) is 7.56. The molecule has 154 valence electrons. The van der Waals surface area contributed by atoms with Gasteiger partial charge in [0.25, 0.3) is 0 Å². The van der Waals surface area contributed by atoms with Crippen LogP contribution >= 0.6 is 0 Å². The minimum Gasteiger partial charge on any atom is -0.281 e. The third-order valence-corrected chi connectivity index (χ3v) is 5.27. The van der Waals surface area contributed by atoms with Gasteiger partial charge in [0.15, 0.2) is 0 Å². The zero-order chi connectivity index (χ0) is 21.0.